The second-order valence-corrected chi connectivity index (χ2v) is 5.65. The third-order valence-electron chi connectivity index (χ3n) is 3.16. The second-order valence-electron chi connectivity index (χ2n) is 4.49. The summed E-state index contributed by atoms with van der Waals surface area (Å²) in [4.78, 5) is 17.5. The maximum atomic E-state index is 10.8. The lowest BCUT2D eigenvalue weighted by Gasteiger charge is -2.22. The first-order valence-corrected chi connectivity index (χ1v) is 7.43. The molecule has 1 aliphatic rings. The van der Waals surface area contributed by atoms with Gasteiger partial charge in [-0.3, -0.25) is 9.79 Å². The number of benzene rings is 1. The summed E-state index contributed by atoms with van der Waals surface area (Å²) in [6.07, 6.45) is 6.05. The minimum atomic E-state index is -4.45. The summed E-state index contributed by atoms with van der Waals surface area (Å²) in [7, 11) is -4.45. The first kappa shape index (κ1) is 12.6. The van der Waals surface area contributed by atoms with E-state index in [9.17, 15) is 4.57 Å². The molecule has 4 nitrogen and oxygen atoms in total. The third-order valence-corrected chi connectivity index (χ3v) is 3.61. The van der Waals surface area contributed by atoms with E-state index in [1.54, 1.807) is 18.2 Å². The zero-order valence-electron chi connectivity index (χ0n) is 9.58. The van der Waals surface area contributed by atoms with Gasteiger partial charge in [0.05, 0.1) is 0 Å². The van der Waals surface area contributed by atoms with E-state index in [0.29, 0.717) is 5.92 Å². The summed E-state index contributed by atoms with van der Waals surface area (Å²) in [5, 5.41) is 0. The zero-order valence-corrected chi connectivity index (χ0v) is 10.5. The van der Waals surface area contributed by atoms with E-state index >= 15 is 0 Å². The molecule has 2 N–H and O–H groups in total. The van der Waals surface area contributed by atoms with Crippen molar-refractivity contribution in [3.8, 4) is 5.75 Å². The van der Waals surface area contributed by atoms with E-state index in [-0.39, 0.29) is 5.75 Å². The lowest BCUT2D eigenvalue weighted by molar-refractivity contribution is 0.283. The van der Waals surface area contributed by atoms with Crippen LogP contribution in [-0.2, 0) is 4.57 Å². The van der Waals surface area contributed by atoms with E-state index in [1.165, 1.54) is 19.3 Å². The third kappa shape index (κ3) is 3.84. The van der Waals surface area contributed by atoms with Crippen LogP contribution >= 0.6 is 7.82 Å². The van der Waals surface area contributed by atoms with Gasteiger partial charge in [0.15, 0.2) is 0 Å². The van der Waals surface area contributed by atoms with Gasteiger partial charge in [0.2, 0.25) is 0 Å². The molecule has 17 heavy (non-hydrogen) atoms. The summed E-state index contributed by atoms with van der Waals surface area (Å²) in [6.45, 7) is 0. The van der Waals surface area contributed by atoms with Crippen LogP contribution in [0.1, 0.15) is 43.6 Å². The summed E-state index contributed by atoms with van der Waals surface area (Å²) in [5.41, 5.74) is 1.12. The standard InChI is InChI=1S/C12H17O4P/c13-17(14,15)16-12-8-4-7-11(9-12)10-5-2-1-3-6-10/h4,7-10H,1-3,5-6H2,(H2,13,14,15). The zero-order chi connectivity index (χ0) is 12.3. The molecule has 0 aliphatic heterocycles. The maximum Gasteiger partial charge on any atom is 0.524 e. The molecule has 0 radical (unpaired) electrons. The summed E-state index contributed by atoms with van der Waals surface area (Å²) in [6, 6.07) is 7.11. The highest BCUT2D eigenvalue weighted by atomic mass is 31.2. The van der Waals surface area contributed by atoms with Crippen molar-refractivity contribution >= 4 is 7.82 Å². The Kier molecular flexibility index (Phi) is 3.87. The van der Waals surface area contributed by atoms with Crippen molar-refractivity contribution in [2.24, 2.45) is 0 Å². The van der Waals surface area contributed by atoms with Crippen LogP contribution in [0, 0.1) is 0 Å². The van der Waals surface area contributed by atoms with E-state index in [4.69, 9.17) is 9.79 Å². The van der Waals surface area contributed by atoms with Gasteiger partial charge in [-0.2, -0.15) is 0 Å². The number of hydrogen-bond acceptors (Lipinski definition) is 2. The van der Waals surface area contributed by atoms with Gasteiger partial charge in [-0.05, 0) is 36.5 Å². The Bertz CT molecular complexity index is 420. The molecule has 2 rings (SSSR count). The Morgan fingerprint density at radius 3 is 2.53 bits per heavy atom. The SMILES string of the molecule is O=P(O)(O)Oc1cccc(C2CCCCC2)c1. The van der Waals surface area contributed by atoms with E-state index in [0.717, 1.165) is 18.4 Å². The number of phosphoric acid groups is 1. The van der Waals surface area contributed by atoms with Gasteiger partial charge < -0.3 is 4.52 Å². The fourth-order valence-electron chi connectivity index (χ4n) is 2.40. The Morgan fingerprint density at radius 2 is 1.88 bits per heavy atom. The van der Waals surface area contributed by atoms with E-state index in [2.05, 4.69) is 4.52 Å². The molecule has 1 aromatic carbocycles. The van der Waals surface area contributed by atoms with Crippen LogP contribution < -0.4 is 4.52 Å². The number of hydrogen-bond donors (Lipinski definition) is 2. The van der Waals surface area contributed by atoms with Gasteiger partial charge in [0.25, 0.3) is 0 Å². The van der Waals surface area contributed by atoms with Crippen LogP contribution in [0.2, 0.25) is 0 Å². The minimum absolute atomic E-state index is 0.251. The van der Waals surface area contributed by atoms with Crippen LogP contribution in [0.5, 0.6) is 5.75 Å². The Morgan fingerprint density at radius 1 is 1.18 bits per heavy atom. The molecule has 0 heterocycles. The van der Waals surface area contributed by atoms with Crippen molar-refractivity contribution in [1.29, 1.82) is 0 Å². The van der Waals surface area contributed by atoms with Gasteiger partial charge in [-0.25, -0.2) is 4.57 Å². The van der Waals surface area contributed by atoms with Gasteiger partial charge in [0, 0.05) is 0 Å². The molecule has 0 saturated heterocycles. The molecule has 0 spiro atoms. The smallest absolute Gasteiger partial charge is 0.404 e. The summed E-state index contributed by atoms with van der Waals surface area (Å²) < 4.78 is 15.4. The van der Waals surface area contributed by atoms with Crippen molar-refractivity contribution in [3.63, 3.8) is 0 Å². The fourth-order valence-corrected chi connectivity index (χ4v) is 2.79. The fraction of sp³-hybridized carbons (Fsp3) is 0.500. The molecule has 0 bridgehead atoms. The predicted octanol–water partition coefficient (Wildman–Crippen LogP) is 3.21. The van der Waals surface area contributed by atoms with Crippen LogP contribution in [0.3, 0.4) is 0 Å². The highest BCUT2D eigenvalue weighted by molar-refractivity contribution is 7.46. The van der Waals surface area contributed by atoms with E-state index in [1.807, 2.05) is 6.07 Å². The lowest BCUT2D eigenvalue weighted by Crippen LogP contribution is -2.04. The van der Waals surface area contributed by atoms with Gasteiger partial charge >= 0.3 is 7.82 Å². The van der Waals surface area contributed by atoms with Gasteiger partial charge in [0.1, 0.15) is 5.75 Å². The van der Waals surface area contributed by atoms with Gasteiger partial charge in [-0.15, -0.1) is 0 Å². The van der Waals surface area contributed by atoms with Crippen LogP contribution in [-0.4, -0.2) is 9.79 Å². The topological polar surface area (TPSA) is 66.8 Å². The van der Waals surface area contributed by atoms with Crippen LogP contribution in [0.15, 0.2) is 24.3 Å². The van der Waals surface area contributed by atoms with E-state index < -0.39 is 7.82 Å². The highest BCUT2D eigenvalue weighted by Crippen LogP contribution is 2.39. The molecule has 94 valence electrons. The van der Waals surface area contributed by atoms with Crippen molar-refractivity contribution < 1.29 is 18.9 Å². The average molecular weight is 256 g/mol. The van der Waals surface area contributed by atoms with Crippen LogP contribution in [0.25, 0.3) is 0 Å². The molecule has 0 amide bonds. The molecule has 5 heteroatoms. The lowest BCUT2D eigenvalue weighted by atomic mass is 9.84. The molecule has 1 aliphatic carbocycles. The maximum absolute atomic E-state index is 10.8. The van der Waals surface area contributed by atoms with Crippen molar-refractivity contribution in [2.75, 3.05) is 0 Å². The largest absolute Gasteiger partial charge is 0.524 e. The Hall–Kier alpha value is -0.830. The molecule has 0 aromatic heterocycles. The monoisotopic (exact) mass is 256 g/mol. The number of rotatable bonds is 3. The Balaban J connectivity index is 2.13. The quantitative estimate of drug-likeness (QED) is 0.815. The molecule has 0 unspecified atom stereocenters. The normalized spacial score (nSPS) is 18.0. The van der Waals surface area contributed by atoms with Crippen molar-refractivity contribution in [1.82, 2.24) is 0 Å². The van der Waals surface area contributed by atoms with Gasteiger partial charge in [-0.1, -0.05) is 31.4 Å². The molecular formula is C12H17O4P. The number of phosphoric ester groups is 1. The molecule has 1 aromatic rings. The summed E-state index contributed by atoms with van der Waals surface area (Å²) >= 11 is 0. The van der Waals surface area contributed by atoms with Crippen LogP contribution in [0.4, 0.5) is 0 Å². The Labute approximate surface area is 101 Å². The van der Waals surface area contributed by atoms with Crippen molar-refractivity contribution in [2.45, 2.75) is 38.0 Å². The average Bonchev–Trinajstić information content (AvgIpc) is 2.28. The first-order chi connectivity index (χ1) is 8.04. The molecule has 1 saturated carbocycles. The molecule has 1 fully saturated rings. The highest BCUT2D eigenvalue weighted by Gasteiger charge is 2.19. The second kappa shape index (κ2) is 5.21. The molecular weight excluding hydrogens is 239 g/mol. The molecule has 0 atom stereocenters. The minimum Gasteiger partial charge on any atom is -0.404 e. The first-order valence-electron chi connectivity index (χ1n) is 5.90. The van der Waals surface area contributed by atoms with Crippen molar-refractivity contribution in [3.05, 3.63) is 29.8 Å². The summed E-state index contributed by atoms with van der Waals surface area (Å²) in [5.74, 6) is 0.755. The predicted molar refractivity (Wildman–Crippen MR) is 64.9 cm³/mol.